The smallest absolute Gasteiger partial charge is 0.440 e. The van der Waals surface area contributed by atoms with Crippen LogP contribution in [0.15, 0.2) is 65.6 Å². The molecule has 6 N–H and O–H groups in total. The normalized spacial score (nSPS) is 11.2. The summed E-state index contributed by atoms with van der Waals surface area (Å²) >= 11 is 0. The SMILES string of the molecule is CC(=O)O.COc1cc(OC)c(F)c(C(Cc2ccc(C(=N)N)cc2)c2nn(-c3cccc[n+]3O)c(=O)[nH]2)c1. The van der Waals surface area contributed by atoms with Crippen LogP contribution in [0.2, 0.25) is 0 Å². The predicted octanol–water partition coefficient (Wildman–Crippen LogP) is 1.99. The molecule has 39 heavy (non-hydrogen) atoms. The Morgan fingerprint density at radius 1 is 1.21 bits per heavy atom. The first-order chi connectivity index (χ1) is 18.5. The Balaban J connectivity index is 0.000000983. The van der Waals surface area contributed by atoms with E-state index >= 15 is 4.39 Å². The van der Waals surface area contributed by atoms with E-state index in [4.69, 9.17) is 30.5 Å². The summed E-state index contributed by atoms with van der Waals surface area (Å²) in [4.78, 5) is 24.5. The Morgan fingerprint density at radius 3 is 2.44 bits per heavy atom. The molecule has 0 spiro atoms. The van der Waals surface area contributed by atoms with E-state index in [1.54, 1.807) is 36.4 Å². The Hall–Kier alpha value is -5.20. The summed E-state index contributed by atoms with van der Waals surface area (Å²) in [5.41, 5.74) is 6.47. The number of nitrogens with two attached hydrogens (primary N) is 1. The maximum absolute atomic E-state index is 15.5. The van der Waals surface area contributed by atoms with E-state index in [9.17, 15) is 10.0 Å². The van der Waals surface area contributed by atoms with Crippen molar-refractivity contribution in [1.82, 2.24) is 14.8 Å². The van der Waals surface area contributed by atoms with Gasteiger partial charge in [0, 0.05) is 30.2 Å². The molecular formula is C26H28FN6O6+. The van der Waals surface area contributed by atoms with Gasteiger partial charge in [0.1, 0.15) is 17.8 Å². The monoisotopic (exact) mass is 539 g/mol. The van der Waals surface area contributed by atoms with Crippen molar-refractivity contribution in [3.63, 3.8) is 0 Å². The number of aliphatic carboxylic acids is 1. The van der Waals surface area contributed by atoms with Crippen LogP contribution in [0.3, 0.4) is 0 Å². The number of carboxylic acid groups (broad SMARTS) is 1. The average Bonchev–Trinajstić information content (AvgIpc) is 3.28. The van der Waals surface area contributed by atoms with Gasteiger partial charge in [-0.3, -0.25) is 15.2 Å². The highest BCUT2D eigenvalue weighted by atomic mass is 19.1. The molecule has 2 heterocycles. The van der Waals surface area contributed by atoms with E-state index in [0.717, 1.165) is 21.9 Å². The summed E-state index contributed by atoms with van der Waals surface area (Å²) < 4.78 is 27.8. The van der Waals surface area contributed by atoms with Crippen molar-refractivity contribution in [2.75, 3.05) is 14.2 Å². The zero-order valence-electron chi connectivity index (χ0n) is 21.4. The number of nitrogens with zero attached hydrogens (tertiary/aromatic N) is 3. The van der Waals surface area contributed by atoms with Crippen molar-refractivity contribution in [3.8, 4) is 17.3 Å². The van der Waals surface area contributed by atoms with Crippen LogP contribution in [0.25, 0.3) is 5.82 Å². The van der Waals surface area contributed by atoms with Gasteiger partial charge >= 0.3 is 11.5 Å². The number of hydrogen-bond acceptors (Lipinski definition) is 7. The summed E-state index contributed by atoms with van der Waals surface area (Å²) in [6.07, 6.45) is 1.60. The molecule has 0 aliphatic rings. The highest BCUT2D eigenvalue weighted by Crippen LogP contribution is 2.35. The minimum absolute atomic E-state index is 0.0192. The quantitative estimate of drug-likeness (QED) is 0.0975. The van der Waals surface area contributed by atoms with Crippen LogP contribution in [0.1, 0.15) is 35.4 Å². The molecule has 0 radical (unpaired) electrons. The first kappa shape index (κ1) is 28.4. The number of nitrogen functional groups attached to an aromatic ring is 1. The third-order valence-corrected chi connectivity index (χ3v) is 5.58. The number of benzene rings is 2. The molecule has 4 rings (SSSR count). The molecule has 2 aromatic heterocycles. The van der Waals surface area contributed by atoms with E-state index in [-0.39, 0.29) is 35.2 Å². The second-order valence-electron chi connectivity index (χ2n) is 8.25. The molecule has 13 heteroatoms. The van der Waals surface area contributed by atoms with E-state index in [2.05, 4.69) is 10.1 Å². The van der Waals surface area contributed by atoms with Crippen LogP contribution in [-0.2, 0) is 11.2 Å². The van der Waals surface area contributed by atoms with Crippen molar-refractivity contribution >= 4 is 11.8 Å². The number of ether oxygens (including phenoxy) is 2. The number of amidine groups is 1. The van der Waals surface area contributed by atoms with E-state index < -0.39 is 23.4 Å². The van der Waals surface area contributed by atoms with Gasteiger partial charge in [-0.1, -0.05) is 35.4 Å². The number of nitrogens with one attached hydrogen (secondary N) is 2. The van der Waals surface area contributed by atoms with Crippen LogP contribution in [0, 0.1) is 11.2 Å². The standard InChI is InChI=1S/C24H23FN6O4.C2H4O2/c1-34-16-12-17(21(25)19(13-16)35-2)18(11-14-6-8-15(9-7-14)22(26)27)23-28-24(32)31(29-23)20-5-3-4-10-30(20)33;1-2(3)4/h3-10,12-13,18H,11H2,1-2H3,(H4-,26,27,28,29,32,33);1H3,(H,3,4)/p+1. The van der Waals surface area contributed by atoms with Crippen molar-refractivity contribution in [1.29, 1.82) is 5.41 Å². The largest absolute Gasteiger partial charge is 0.497 e. The number of H-pyrrole nitrogens is 1. The lowest BCUT2D eigenvalue weighted by atomic mass is 9.90. The molecule has 204 valence electrons. The molecule has 4 aromatic rings. The predicted molar refractivity (Wildman–Crippen MR) is 137 cm³/mol. The van der Waals surface area contributed by atoms with Gasteiger partial charge in [0.05, 0.1) is 20.1 Å². The number of pyridine rings is 1. The average molecular weight is 540 g/mol. The summed E-state index contributed by atoms with van der Waals surface area (Å²) in [5.74, 6) is -1.66. The maximum atomic E-state index is 15.5. The molecule has 0 bridgehead atoms. The lowest BCUT2D eigenvalue weighted by molar-refractivity contribution is -0.899. The van der Waals surface area contributed by atoms with Crippen LogP contribution in [-0.4, -0.2) is 51.1 Å². The summed E-state index contributed by atoms with van der Waals surface area (Å²) in [7, 11) is 2.81. The van der Waals surface area contributed by atoms with Crippen molar-refractivity contribution in [2.45, 2.75) is 19.3 Å². The molecule has 0 fully saturated rings. The molecule has 2 aromatic carbocycles. The number of carbonyl (C=O) groups is 1. The molecule has 12 nitrogen and oxygen atoms in total. The van der Waals surface area contributed by atoms with Gasteiger partial charge in [-0.05, 0) is 33.5 Å². The summed E-state index contributed by atoms with van der Waals surface area (Å²) in [6, 6.07) is 14.6. The minimum Gasteiger partial charge on any atom is -0.497 e. The van der Waals surface area contributed by atoms with Gasteiger partial charge in [-0.15, -0.1) is 0 Å². The van der Waals surface area contributed by atoms with Gasteiger partial charge in [-0.2, -0.15) is 0 Å². The number of aromatic nitrogens is 4. The van der Waals surface area contributed by atoms with Crippen LogP contribution < -0.4 is 25.6 Å². The first-order valence-electron chi connectivity index (χ1n) is 11.5. The number of carboxylic acids is 1. The highest BCUT2D eigenvalue weighted by Gasteiger charge is 2.29. The third kappa shape index (κ3) is 6.77. The van der Waals surface area contributed by atoms with Crippen molar-refractivity contribution < 1.29 is 33.7 Å². The number of methoxy groups -OCH3 is 2. The topological polar surface area (TPSA) is 180 Å². The molecule has 0 aliphatic carbocycles. The van der Waals surface area contributed by atoms with Gasteiger partial charge in [0.15, 0.2) is 17.4 Å². The van der Waals surface area contributed by atoms with Gasteiger partial charge < -0.3 is 25.5 Å². The van der Waals surface area contributed by atoms with Gasteiger partial charge in [0.2, 0.25) is 0 Å². The van der Waals surface area contributed by atoms with E-state index in [1.807, 2.05) is 0 Å². The Kier molecular flexibility index (Phi) is 8.99. The minimum atomic E-state index is -0.833. The summed E-state index contributed by atoms with van der Waals surface area (Å²) in [5, 5.41) is 29.5. The maximum Gasteiger partial charge on any atom is 0.440 e. The fourth-order valence-electron chi connectivity index (χ4n) is 3.77. The van der Waals surface area contributed by atoms with E-state index in [0.29, 0.717) is 11.3 Å². The molecule has 0 amide bonds. The number of halogens is 1. The van der Waals surface area contributed by atoms with Crippen molar-refractivity contribution in [2.24, 2.45) is 5.73 Å². The summed E-state index contributed by atoms with van der Waals surface area (Å²) in [6.45, 7) is 1.08. The third-order valence-electron chi connectivity index (χ3n) is 5.58. The zero-order valence-corrected chi connectivity index (χ0v) is 21.4. The fourth-order valence-corrected chi connectivity index (χ4v) is 3.77. The molecule has 0 aliphatic heterocycles. The molecular weight excluding hydrogens is 511 g/mol. The Bertz CT molecular complexity index is 1530. The van der Waals surface area contributed by atoms with Crippen LogP contribution in [0.5, 0.6) is 11.5 Å². The van der Waals surface area contributed by atoms with Crippen molar-refractivity contribution in [3.05, 3.63) is 99.6 Å². The lowest BCUT2D eigenvalue weighted by Gasteiger charge is -2.18. The first-order valence-corrected chi connectivity index (χ1v) is 11.5. The number of rotatable bonds is 8. The Labute approximate surface area is 222 Å². The molecule has 0 saturated carbocycles. The fraction of sp³-hybridized carbons (Fsp3) is 0.192. The molecule has 0 saturated heterocycles. The second kappa shape index (κ2) is 12.4. The second-order valence-corrected chi connectivity index (χ2v) is 8.25. The lowest BCUT2D eigenvalue weighted by Crippen LogP contribution is -2.38. The highest BCUT2D eigenvalue weighted by molar-refractivity contribution is 5.94. The molecule has 1 atom stereocenters. The van der Waals surface area contributed by atoms with Gasteiger partial charge in [-0.25, -0.2) is 9.18 Å². The van der Waals surface area contributed by atoms with Crippen LogP contribution in [0.4, 0.5) is 4.39 Å². The number of hydrogen-bond donors (Lipinski definition) is 5. The molecule has 1 unspecified atom stereocenters. The zero-order chi connectivity index (χ0) is 28.7. The number of aromatic amines is 1. The van der Waals surface area contributed by atoms with Gasteiger partial charge in [0.25, 0.3) is 5.97 Å². The van der Waals surface area contributed by atoms with E-state index in [1.165, 1.54) is 38.6 Å². The van der Waals surface area contributed by atoms with Crippen LogP contribution >= 0.6 is 0 Å². The Morgan fingerprint density at radius 2 is 1.87 bits per heavy atom.